The summed E-state index contributed by atoms with van der Waals surface area (Å²) in [5.41, 5.74) is 4.66. The van der Waals surface area contributed by atoms with Gasteiger partial charge in [-0.2, -0.15) is 10.5 Å². The average Bonchev–Trinajstić information content (AvgIpc) is 2.85. The molecule has 4 nitrogen and oxygen atoms in total. The van der Waals surface area contributed by atoms with Gasteiger partial charge in [-0.15, -0.1) is 0 Å². The molecule has 0 saturated heterocycles. The Labute approximate surface area is 120 Å². The zero-order valence-electron chi connectivity index (χ0n) is 11.2. The molecule has 1 heterocycles. The summed E-state index contributed by atoms with van der Waals surface area (Å²) in [7, 11) is 0. The van der Waals surface area contributed by atoms with Crippen LogP contribution in [-0.4, -0.2) is 9.97 Å². The molecule has 0 unspecified atom stereocenters. The standard InChI is InChI=1S/C17H8N4/c1-9-5-6-10-3-2-4-11-15(10)14(9)17-16(11)20-12(7-18)13(8-19)21-17/h2-6H,1H3. The third-order valence-electron chi connectivity index (χ3n) is 3.85. The van der Waals surface area contributed by atoms with Crippen molar-refractivity contribution in [3.63, 3.8) is 0 Å². The van der Waals surface area contributed by atoms with Crippen molar-refractivity contribution in [1.82, 2.24) is 9.97 Å². The molecule has 4 heteroatoms. The Balaban J connectivity index is 2.23. The minimum atomic E-state index is 0.0821. The Morgan fingerprint density at radius 1 is 0.905 bits per heavy atom. The normalized spacial score (nSPS) is 11.0. The average molecular weight is 268 g/mol. The van der Waals surface area contributed by atoms with Gasteiger partial charge in [-0.25, -0.2) is 9.97 Å². The van der Waals surface area contributed by atoms with Crippen LogP contribution in [0, 0.1) is 29.6 Å². The van der Waals surface area contributed by atoms with Crippen LogP contribution in [0.25, 0.3) is 33.3 Å². The molecule has 0 N–H and O–H groups in total. The highest BCUT2D eigenvalue weighted by molar-refractivity contribution is 6.14. The number of nitrogens with zero attached hydrogens (tertiary/aromatic N) is 4. The van der Waals surface area contributed by atoms with E-state index in [2.05, 4.69) is 16.0 Å². The fourth-order valence-corrected chi connectivity index (χ4v) is 2.94. The van der Waals surface area contributed by atoms with Gasteiger partial charge in [0.25, 0.3) is 0 Å². The van der Waals surface area contributed by atoms with Gasteiger partial charge >= 0.3 is 0 Å². The number of hydrogen-bond donors (Lipinski definition) is 0. The quantitative estimate of drug-likeness (QED) is 0.490. The smallest absolute Gasteiger partial charge is 0.177 e. The lowest BCUT2D eigenvalue weighted by molar-refractivity contribution is 1.15. The van der Waals surface area contributed by atoms with Gasteiger partial charge in [-0.05, 0) is 17.9 Å². The van der Waals surface area contributed by atoms with Gasteiger partial charge in [-0.3, -0.25) is 0 Å². The van der Waals surface area contributed by atoms with Crippen molar-refractivity contribution in [3.05, 3.63) is 47.3 Å². The first kappa shape index (κ1) is 11.6. The van der Waals surface area contributed by atoms with E-state index < -0.39 is 0 Å². The van der Waals surface area contributed by atoms with E-state index in [1.54, 1.807) is 0 Å². The fraction of sp³-hybridized carbons (Fsp3) is 0.0588. The summed E-state index contributed by atoms with van der Waals surface area (Å²) in [5.74, 6) is 0. The second-order valence-corrected chi connectivity index (χ2v) is 5.00. The van der Waals surface area contributed by atoms with Crippen LogP contribution in [0.2, 0.25) is 0 Å². The van der Waals surface area contributed by atoms with E-state index in [-0.39, 0.29) is 11.4 Å². The number of hydrogen-bond acceptors (Lipinski definition) is 4. The number of benzene rings is 2. The van der Waals surface area contributed by atoms with Crippen LogP contribution >= 0.6 is 0 Å². The van der Waals surface area contributed by atoms with E-state index in [0.717, 1.165) is 27.5 Å². The van der Waals surface area contributed by atoms with Crippen molar-refractivity contribution in [3.8, 4) is 34.7 Å². The molecule has 2 aromatic carbocycles. The van der Waals surface area contributed by atoms with Crippen molar-refractivity contribution in [2.24, 2.45) is 0 Å². The molecule has 0 bridgehead atoms. The van der Waals surface area contributed by atoms with Crippen molar-refractivity contribution in [1.29, 1.82) is 10.5 Å². The van der Waals surface area contributed by atoms with Gasteiger partial charge < -0.3 is 0 Å². The van der Waals surface area contributed by atoms with Crippen LogP contribution in [0.5, 0.6) is 0 Å². The summed E-state index contributed by atoms with van der Waals surface area (Å²) in [6, 6.07) is 14.0. The number of fused-ring (bicyclic) bond motifs is 3. The van der Waals surface area contributed by atoms with Crippen LogP contribution in [0.1, 0.15) is 17.0 Å². The van der Waals surface area contributed by atoms with Crippen molar-refractivity contribution >= 4 is 10.8 Å². The number of nitriles is 2. The SMILES string of the molecule is Cc1ccc2cccc3c2c1-c1nc(C#N)c(C#N)nc1-3. The van der Waals surface area contributed by atoms with E-state index in [1.807, 2.05) is 43.3 Å². The highest BCUT2D eigenvalue weighted by Crippen LogP contribution is 2.46. The second kappa shape index (κ2) is 3.88. The summed E-state index contributed by atoms with van der Waals surface area (Å²) in [6.07, 6.45) is 0. The number of aromatic nitrogens is 2. The van der Waals surface area contributed by atoms with Crippen LogP contribution in [0.3, 0.4) is 0 Å². The molecular formula is C17H8N4. The zero-order chi connectivity index (χ0) is 14.6. The van der Waals surface area contributed by atoms with E-state index in [1.165, 1.54) is 0 Å². The Hall–Kier alpha value is -3.24. The molecule has 4 rings (SSSR count). The monoisotopic (exact) mass is 268 g/mol. The van der Waals surface area contributed by atoms with E-state index in [9.17, 15) is 0 Å². The lowest BCUT2D eigenvalue weighted by Crippen LogP contribution is -1.98. The van der Waals surface area contributed by atoms with Gasteiger partial charge in [0.15, 0.2) is 11.4 Å². The topological polar surface area (TPSA) is 73.4 Å². The first-order chi connectivity index (χ1) is 10.2. The van der Waals surface area contributed by atoms with Crippen LogP contribution < -0.4 is 0 Å². The fourth-order valence-electron chi connectivity index (χ4n) is 2.94. The molecular weight excluding hydrogens is 260 g/mol. The molecule has 0 fully saturated rings. The summed E-state index contributed by atoms with van der Waals surface area (Å²) in [6.45, 7) is 2.02. The second-order valence-electron chi connectivity index (χ2n) is 5.00. The Morgan fingerprint density at radius 2 is 1.62 bits per heavy atom. The minimum Gasteiger partial charge on any atom is -0.232 e. The predicted octanol–water partition coefficient (Wildman–Crippen LogP) is 3.33. The van der Waals surface area contributed by atoms with Gasteiger partial charge in [0.1, 0.15) is 12.1 Å². The van der Waals surface area contributed by atoms with E-state index >= 15 is 0 Å². The first-order valence-electron chi connectivity index (χ1n) is 6.50. The Kier molecular flexibility index (Phi) is 2.14. The van der Waals surface area contributed by atoms with Gasteiger partial charge in [0, 0.05) is 16.5 Å². The molecule has 96 valence electrons. The Bertz CT molecular complexity index is 1020. The summed E-state index contributed by atoms with van der Waals surface area (Å²) in [5, 5.41) is 20.5. The number of aryl methyl sites for hydroxylation is 1. The molecule has 0 radical (unpaired) electrons. The maximum atomic E-state index is 9.16. The molecule has 21 heavy (non-hydrogen) atoms. The number of rotatable bonds is 0. The highest BCUT2D eigenvalue weighted by Gasteiger charge is 2.27. The lowest BCUT2D eigenvalue weighted by Gasteiger charge is -2.05. The molecule has 3 aromatic rings. The third kappa shape index (κ3) is 1.36. The predicted molar refractivity (Wildman–Crippen MR) is 78.1 cm³/mol. The molecule has 1 aliphatic carbocycles. The Morgan fingerprint density at radius 3 is 2.33 bits per heavy atom. The van der Waals surface area contributed by atoms with Crippen molar-refractivity contribution in [2.75, 3.05) is 0 Å². The van der Waals surface area contributed by atoms with E-state index in [4.69, 9.17) is 10.5 Å². The molecule has 0 aliphatic heterocycles. The van der Waals surface area contributed by atoms with Crippen LogP contribution in [-0.2, 0) is 0 Å². The summed E-state index contributed by atoms with van der Waals surface area (Å²) in [4.78, 5) is 8.77. The first-order valence-corrected chi connectivity index (χ1v) is 6.50. The zero-order valence-corrected chi connectivity index (χ0v) is 11.2. The minimum absolute atomic E-state index is 0.0821. The molecule has 1 aliphatic rings. The maximum absolute atomic E-state index is 9.16. The molecule has 1 aromatic heterocycles. The molecule has 0 amide bonds. The third-order valence-corrected chi connectivity index (χ3v) is 3.85. The van der Waals surface area contributed by atoms with Gasteiger partial charge in [-0.1, -0.05) is 30.3 Å². The molecule has 0 spiro atoms. The summed E-state index contributed by atoms with van der Waals surface area (Å²) >= 11 is 0. The maximum Gasteiger partial charge on any atom is 0.177 e. The van der Waals surface area contributed by atoms with Crippen LogP contribution in [0.15, 0.2) is 30.3 Å². The van der Waals surface area contributed by atoms with Gasteiger partial charge in [0.2, 0.25) is 0 Å². The lowest BCUT2D eigenvalue weighted by atomic mass is 10.0. The summed E-state index contributed by atoms with van der Waals surface area (Å²) < 4.78 is 0. The van der Waals surface area contributed by atoms with Gasteiger partial charge in [0.05, 0.1) is 11.4 Å². The molecule has 0 atom stereocenters. The van der Waals surface area contributed by atoms with E-state index in [0.29, 0.717) is 11.4 Å². The molecule has 0 saturated carbocycles. The largest absolute Gasteiger partial charge is 0.232 e. The van der Waals surface area contributed by atoms with Crippen molar-refractivity contribution < 1.29 is 0 Å². The van der Waals surface area contributed by atoms with Crippen LogP contribution in [0.4, 0.5) is 0 Å². The highest BCUT2D eigenvalue weighted by atomic mass is 14.9. The van der Waals surface area contributed by atoms with Crippen molar-refractivity contribution in [2.45, 2.75) is 6.92 Å².